The molecule has 4 nitrogen and oxygen atoms in total. The molecule has 7 heteroatoms. The van der Waals surface area contributed by atoms with Gasteiger partial charge in [0, 0.05) is 21.0 Å². The van der Waals surface area contributed by atoms with E-state index in [0.29, 0.717) is 24.5 Å². The summed E-state index contributed by atoms with van der Waals surface area (Å²) in [5.74, 6) is 0.153. The summed E-state index contributed by atoms with van der Waals surface area (Å²) in [5.41, 5.74) is 5.57. The highest BCUT2D eigenvalue weighted by molar-refractivity contribution is 9.11. The Morgan fingerprint density at radius 3 is 2.53 bits per heavy atom. The Balaban J connectivity index is 1.54. The maximum atomic E-state index is 13.7. The van der Waals surface area contributed by atoms with Crippen LogP contribution in [0.4, 0.5) is 0 Å². The number of carbonyl (C=O) groups is 1. The number of hydrogen-bond acceptors (Lipinski definition) is 4. The smallest absolute Gasteiger partial charge is 0.194 e. The van der Waals surface area contributed by atoms with Gasteiger partial charge < -0.3 is 14.2 Å². The Labute approximate surface area is 213 Å². The van der Waals surface area contributed by atoms with Crippen LogP contribution in [0, 0.1) is 0 Å². The Morgan fingerprint density at radius 1 is 1.09 bits per heavy atom. The number of fused-ring (bicyclic) bond motifs is 3. The van der Waals surface area contributed by atoms with Gasteiger partial charge in [-0.1, -0.05) is 35.8 Å². The number of halogens is 3. The Hall–Kier alpha value is -0.990. The highest BCUT2D eigenvalue weighted by atomic mass is 79.9. The monoisotopic (exact) mass is 624 g/mol. The van der Waals surface area contributed by atoms with E-state index in [1.54, 1.807) is 0 Å². The number of Topliss-reactive ketones (excluding diaryl/α,β-unsaturated/α-hetero) is 1. The molecule has 0 saturated carbocycles. The quantitative estimate of drug-likeness (QED) is 0.369. The van der Waals surface area contributed by atoms with Crippen LogP contribution in [-0.4, -0.2) is 30.9 Å². The average Bonchev–Trinajstić information content (AvgIpc) is 3.25. The van der Waals surface area contributed by atoms with E-state index in [0.717, 1.165) is 42.1 Å². The molecule has 32 heavy (non-hydrogen) atoms. The van der Waals surface area contributed by atoms with E-state index >= 15 is 0 Å². The number of benzene rings is 2. The van der Waals surface area contributed by atoms with Crippen LogP contribution < -0.4 is 4.74 Å². The van der Waals surface area contributed by atoms with E-state index in [2.05, 4.69) is 67.7 Å². The molecular formula is C25H23Br3O4. The maximum Gasteiger partial charge on any atom is 0.194 e. The molecule has 0 bridgehead atoms. The molecule has 1 fully saturated rings. The van der Waals surface area contributed by atoms with Crippen molar-refractivity contribution in [3.05, 3.63) is 65.5 Å². The second-order valence-corrected chi connectivity index (χ2v) is 12.0. The van der Waals surface area contributed by atoms with Gasteiger partial charge in [0.05, 0.1) is 15.6 Å². The summed E-state index contributed by atoms with van der Waals surface area (Å²) in [5, 5.41) is 0. The summed E-state index contributed by atoms with van der Waals surface area (Å²) in [6.07, 6.45) is 0.620. The van der Waals surface area contributed by atoms with Crippen molar-refractivity contribution in [3.8, 4) is 5.75 Å². The molecule has 0 radical (unpaired) electrons. The lowest BCUT2D eigenvalue weighted by molar-refractivity contribution is -0.141. The Kier molecular flexibility index (Phi) is 5.53. The average molecular weight is 627 g/mol. The molecule has 1 saturated heterocycles. The summed E-state index contributed by atoms with van der Waals surface area (Å²) in [4.78, 5) is 13.7. The minimum absolute atomic E-state index is 0.0672. The second kappa shape index (κ2) is 7.77. The third-order valence-electron chi connectivity index (χ3n) is 6.51. The van der Waals surface area contributed by atoms with Crippen molar-refractivity contribution in [2.24, 2.45) is 0 Å². The largest absolute Gasteiger partial charge is 0.488 e. The van der Waals surface area contributed by atoms with E-state index in [-0.39, 0.29) is 17.3 Å². The van der Waals surface area contributed by atoms with Gasteiger partial charge in [-0.25, -0.2) is 0 Å². The Bertz CT molecular complexity index is 1200. The standard InChI is InChI=1S/C25H23Br3O4/c1-24(2)17-8-12-7-13(26)5-6-15(12)19(17)22(29)16-9-18(27)23(21(28)20(16)24)30-10-14-11-31-25(3,4)32-14/h5-7,9,14H,8,10-11H2,1-4H3/t14-/m0/s1. The molecular weight excluding hydrogens is 604 g/mol. The highest BCUT2D eigenvalue weighted by Gasteiger charge is 2.45. The first kappa shape index (κ1) is 22.8. The molecule has 0 unspecified atom stereocenters. The first-order chi connectivity index (χ1) is 15.0. The van der Waals surface area contributed by atoms with Crippen molar-refractivity contribution < 1.29 is 19.0 Å². The number of allylic oxidation sites excluding steroid dienone is 2. The zero-order chi connectivity index (χ0) is 23.0. The van der Waals surface area contributed by atoms with Gasteiger partial charge in [-0.3, -0.25) is 4.79 Å². The van der Waals surface area contributed by atoms with E-state index in [1.165, 1.54) is 5.56 Å². The van der Waals surface area contributed by atoms with Gasteiger partial charge >= 0.3 is 0 Å². The van der Waals surface area contributed by atoms with Crippen molar-refractivity contribution in [2.75, 3.05) is 13.2 Å². The summed E-state index contributed by atoms with van der Waals surface area (Å²) in [6.45, 7) is 9.02. The molecule has 2 aromatic rings. The van der Waals surface area contributed by atoms with Crippen LogP contribution in [0.15, 0.2) is 43.3 Å². The van der Waals surface area contributed by atoms with Gasteiger partial charge in [0.1, 0.15) is 18.5 Å². The van der Waals surface area contributed by atoms with Crippen molar-refractivity contribution >= 4 is 59.1 Å². The number of rotatable bonds is 3. The van der Waals surface area contributed by atoms with Crippen molar-refractivity contribution in [2.45, 2.75) is 51.4 Å². The zero-order valence-electron chi connectivity index (χ0n) is 18.3. The van der Waals surface area contributed by atoms with Gasteiger partial charge in [-0.05, 0) is 92.6 Å². The van der Waals surface area contributed by atoms with Gasteiger partial charge in [-0.15, -0.1) is 0 Å². The van der Waals surface area contributed by atoms with E-state index < -0.39 is 5.79 Å². The predicted octanol–water partition coefficient (Wildman–Crippen LogP) is 6.99. The van der Waals surface area contributed by atoms with Crippen LogP contribution in [0.1, 0.15) is 54.7 Å². The van der Waals surface area contributed by atoms with Gasteiger partial charge in [0.25, 0.3) is 0 Å². The van der Waals surface area contributed by atoms with E-state index in [9.17, 15) is 4.79 Å². The highest BCUT2D eigenvalue weighted by Crippen LogP contribution is 2.54. The fourth-order valence-electron chi connectivity index (χ4n) is 5.02. The molecule has 168 valence electrons. The number of carbonyl (C=O) groups excluding carboxylic acids is 1. The van der Waals surface area contributed by atoms with Crippen molar-refractivity contribution in [1.29, 1.82) is 0 Å². The van der Waals surface area contributed by atoms with Crippen LogP contribution in [0.5, 0.6) is 5.75 Å². The zero-order valence-corrected chi connectivity index (χ0v) is 23.0. The lowest BCUT2D eigenvalue weighted by Crippen LogP contribution is -2.31. The first-order valence-electron chi connectivity index (χ1n) is 10.5. The van der Waals surface area contributed by atoms with Gasteiger partial charge in [0.15, 0.2) is 11.6 Å². The van der Waals surface area contributed by atoms with Crippen molar-refractivity contribution in [1.82, 2.24) is 0 Å². The molecule has 3 aliphatic rings. The topological polar surface area (TPSA) is 44.8 Å². The molecule has 2 aromatic carbocycles. The molecule has 0 aromatic heterocycles. The molecule has 1 atom stereocenters. The van der Waals surface area contributed by atoms with Gasteiger partial charge in [-0.2, -0.15) is 0 Å². The number of hydrogen-bond donors (Lipinski definition) is 0. The van der Waals surface area contributed by atoms with Crippen LogP contribution in [0.2, 0.25) is 0 Å². The fourth-order valence-corrected chi connectivity index (χ4v) is 7.27. The molecule has 5 rings (SSSR count). The minimum atomic E-state index is -0.595. The maximum absolute atomic E-state index is 13.7. The minimum Gasteiger partial charge on any atom is -0.488 e. The lowest BCUT2D eigenvalue weighted by Gasteiger charge is -2.36. The van der Waals surface area contributed by atoms with E-state index in [1.807, 2.05) is 32.0 Å². The fraction of sp³-hybridized carbons (Fsp3) is 0.400. The van der Waals surface area contributed by atoms with Crippen molar-refractivity contribution in [3.63, 3.8) is 0 Å². The van der Waals surface area contributed by atoms with Crippen LogP contribution in [-0.2, 0) is 21.3 Å². The van der Waals surface area contributed by atoms with Crippen LogP contribution in [0.3, 0.4) is 0 Å². The molecule has 0 amide bonds. The van der Waals surface area contributed by atoms with E-state index in [4.69, 9.17) is 14.2 Å². The normalized spacial score (nSPS) is 22.6. The first-order valence-corrected chi connectivity index (χ1v) is 12.9. The molecule has 1 aliphatic heterocycles. The third-order valence-corrected chi connectivity index (χ3v) is 8.35. The third kappa shape index (κ3) is 3.56. The summed E-state index contributed by atoms with van der Waals surface area (Å²) in [7, 11) is 0. The number of ketones is 1. The summed E-state index contributed by atoms with van der Waals surface area (Å²) >= 11 is 11.0. The second-order valence-electron chi connectivity index (χ2n) is 9.47. The Morgan fingerprint density at radius 2 is 1.84 bits per heavy atom. The van der Waals surface area contributed by atoms with Gasteiger partial charge in [0.2, 0.25) is 0 Å². The van der Waals surface area contributed by atoms with Crippen LogP contribution >= 0.6 is 47.8 Å². The predicted molar refractivity (Wildman–Crippen MR) is 134 cm³/mol. The van der Waals surface area contributed by atoms with Crippen LogP contribution in [0.25, 0.3) is 5.57 Å². The number of ether oxygens (including phenoxy) is 3. The molecule has 0 N–H and O–H groups in total. The summed E-state index contributed by atoms with van der Waals surface area (Å²) < 4.78 is 20.3. The summed E-state index contributed by atoms with van der Waals surface area (Å²) in [6, 6.07) is 8.07. The molecule has 2 aliphatic carbocycles. The molecule has 1 heterocycles. The lowest BCUT2D eigenvalue weighted by atomic mass is 9.68. The SMILES string of the molecule is CC1(C)OC[C@H](COc2c(Br)cc3c(c2Br)C(C)(C)C2=C(C3=O)c3ccc(Br)cc3C2)O1. The molecule has 0 spiro atoms.